The maximum absolute atomic E-state index is 12.6. The molecule has 1 aliphatic rings. The summed E-state index contributed by atoms with van der Waals surface area (Å²) in [6, 6.07) is 1.70. The number of carbonyl (C=O) groups is 2. The first kappa shape index (κ1) is 16.2. The van der Waals surface area contributed by atoms with E-state index >= 15 is 0 Å². The van der Waals surface area contributed by atoms with E-state index in [1.54, 1.807) is 15.9 Å². The Morgan fingerprint density at radius 2 is 1.86 bits per heavy atom. The van der Waals surface area contributed by atoms with E-state index in [0.717, 1.165) is 12.1 Å². The van der Waals surface area contributed by atoms with Crippen LogP contribution in [0.4, 0.5) is 5.95 Å². The number of amides is 2. The van der Waals surface area contributed by atoms with E-state index in [9.17, 15) is 9.59 Å². The number of hydrogen-bond acceptors (Lipinski definition) is 5. The predicted molar refractivity (Wildman–Crippen MR) is 83.7 cm³/mol. The summed E-state index contributed by atoms with van der Waals surface area (Å²) < 4.78 is 0. The van der Waals surface area contributed by atoms with Crippen LogP contribution in [0.25, 0.3) is 0 Å². The number of nitrogens with zero attached hydrogens (tertiary/aromatic N) is 4. The van der Waals surface area contributed by atoms with Crippen molar-refractivity contribution in [1.82, 2.24) is 19.8 Å². The Morgan fingerprint density at radius 3 is 2.41 bits per heavy atom. The highest BCUT2D eigenvalue weighted by Gasteiger charge is 2.23. The van der Waals surface area contributed by atoms with E-state index < -0.39 is 0 Å². The Kier molecular flexibility index (Phi) is 4.63. The van der Waals surface area contributed by atoms with Crippen LogP contribution in [-0.2, 0) is 4.79 Å². The summed E-state index contributed by atoms with van der Waals surface area (Å²) >= 11 is 0. The second-order valence-corrected chi connectivity index (χ2v) is 6.53. The molecule has 0 atom stereocenters. The normalized spacial score (nSPS) is 15.6. The monoisotopic (exact) mass is 305 g/mol. The van der Waals surface area contributed by atoms with E-state index in [0.29, 0.717) is 37.8 Å². The van der Waals surface area contributed by atoms with Crippen LogP contribution in [0.1, 0.15) is 37.0 Å². The average molecular weight is 305 g/mol. The van der Waals surface area contributed by atoms with Crippen molar-refractivity contribution < 1.29 is 9.59 Å². The maximum Gasteiger partial charge on any atom is 0.272 e. The number of rotatable bonds is 3. The van der Waals surface area contributed by atoms with Gasteiger partial charge in [-0.1, -0.05) is 0 Å². The third kappa shape index (κ3) is 4.16. The second-order valence-electron chi connectivity index (χ2n) is 6.53. The van der Waals surface area contributed by atoms with Gasteiger partial charge in [0.05, 0.1) is 0 Å². The number of carbonyl (C=O) groups excluding carboxylic acids is 2. The fourth-order valence-electron chi connectivity index (χ4n) is 2.26. The van der Waals surface area contributed by atoms with Crippen LogP contribution in [0.15, 0.2) is 6.07 Å². The number of aromatic nitrogens is 2. The highest BCUT2D eigenvalue weighted by Crippen LogP contribution is 2.13. The van der Waals surface area contributed by atoms with Crippen molar-refractivity contribution in [2.24, 2.45) is 0 Å². The summed E-state index contributed by atoms with van der Waals surface area (Å²) in [7, 11) is 0. The summed E-state index contributed by atoms with van der Waals surface area (Å²) in [4.78, 5) is 35.3. The van der Waals surface area contributed by atoms with Gasteiger partial charge in [-0.2, -0.15) is 0 Å². The Balaban J connectivity index is 2.14. The first-order chi connectivity index (χ1) is 10.3. The zero-order chi connectivity index (χ0) is 16.3. The van der Waals surface area contributed by atoms with Crippen molar-refractivity contribution in [2.75, 3.05) is 31.5 Å². The molecule has 1 aromatic rings. The lowest BCUT2D eigenvalue weighted by molar-refractivity contribution is -0.119. The Morgan fingerprint density at radius 1 is 1.23 bits per heavy atom. The lowest BCUT2D eigenvalue weighted by Gasteiger charge is -2.32. The Bertz CT molecular complexity index is 560. The van der Waals surface area contributed by atoms with Gasteiger partial charge < -0.3 is 15.1 Å². The SMILES string of the molecule is Cc1cc(C(=O)N2CCN(C=O)CC2)nc(NC(C)(C)C)n1. The van der Waals surface area contributed by atoms with Gasteiger partial charge in [0.2, 0.25) is 12.4 Å². The van der Waals surface area contributed by atoms with Gasteiger partial charge in [-0.05, 0) is 33.8 Å². The molecule has 1 aliphatic heterocycles. The van der Waals surface area contributed by atoms with Gasteiger partial charge in [-0.15, -0.1) is 0 Å². The summed E-state index contributed by atoms with van der Waals surface area (Å²) in [6.07, 6.45) is 0.821. The van der Waals surface area contributed by atoms with Crippen LogP contribution in [0.3, 0.4) is 0 Å². The largest absolute Gasteiger partial charge is 0.350 e. The quantitative estimate of drug-likeness (QED) is 0.840. The van der Waals surface area contributed by atoms with E-state index in [-0.39, 0.29) is 11.4 Å². The predicted octanol–water partition coefficient (Wildman–Crippen LogP) is 0.910. The molecule has 2 heterocycles. The van der Waals surface area contributed by atoms with Gasteiger partial charge in [0.1, 0.15) is 5.69 Å². The second kappa shape index (κ2) is 6.29. The number of anilines is 1. The van der Waals surface area contributed by atoms with Crippen molar-refractivity contribution in [2.45, 2.75) is 33.2 Å². The Labute approximate surface area is 130 Å². The molecule has 120 valence electrons. The minimum Gasteiger partial charge on any atom is -0.350 e. The van der Waals surface area contributed by atoms with E-state index in [4.69, 9.17) is 0 Å². The van der Waals surface area contributed by atoms with Crippen LogP contribution in [0.2, 0.25) is 0 Å². The standard InChI is InChI=1S/C15H23N5O2/c1-11-9-12(17-14(16-11)18-15(2,3)4)13(22)20-7-5-19(10-21)6-8-20/h9-10H,5-8H2,1-4H3,(H,16,17,18). The van der Waals surface area contributed by atoms with Crippen LogP contribution >= 0.6 is 0 Å². The van der Waals surface area contributed by atoms with Crippen LogP contribution in [0, 0.1) is 6.92 Å². The summed E-state index contributed by atoms with van der Waals surface area (Å²) in [5.74, 6) is 0.343. The fraction of sp³-hybridized carbons (Fsp3) is 0.600. The molecule has 0 spiro atoms. The van der Waals surface area contributed by atoms with Crippen molar-refractivity contribution >= 4 is 18.3 Å². The van der Waals surface area contributed by atoms with Crippen LogP contribution in [-0.4, -0.2) is 63.8 Å². The van der Waals surface area contributed by atoms with Crippen molar-refractivity contribution in [3.63, 3.8) is 0 Å². The summed E-state index contributed by atoms with van der Waals surface area (Å²) in [6.45, 7) is 10.1. The molecule has 0 unspecified atom stereocenters. The molecule has 7 nitrogen and oxygen atoms in total. The first-order valence-electron chi connectivity index (χ1n) is 7.41. The van der Waals surface area contributed by atoms with Gasteiger partial charge in [0.25, 0.3) is 5.91 Å². The number of nitrogens with one attached hydrogen (secondary N) is 1. The molecular formula is C15H23N5O2. The molecule has 1 fully saturated rings. The van der Waals surface area contributed by atoms with Crippen molar-refractivity contribution in [1.29, 1.82) is 0 Å². The van der Waals surface area contributed by atoms with Gasteiger partial charge >= 0.3 is 0 Å². The molecule has 2 rings (SSSR count). The number of piperazine rings is 1. The van der Waals surface area contributed by atoms with Gasteiger partial charge in [-0.25, -0.2) is 9.97 Å². The van der Waals surface area contributed by atoms with Gasteiger partial charge in [-0.3, -0.25) is 9.59 Å². The molecule has 1 N–H and O–H groups in total. The highest BCUT2D eigenvalue weighted by atomic mass is 16.2. The maximum atomic E-state index is 12.6. The molecule has 0 radical (unpaired) electrons. The third-order valence-electron chi connectivity index (χ3n) is 3.31. The molecule has 22 heavy (non-hydrogen) atoms. The van der Waals surface area contributed by atoms with Gasteiger partial charge in [0, 0.05) is 37.4 Å². The summed E-state index contributed by atoms with van der Waals surface area (Å²) in [5, 5.41) is 3.19. The third-order valence-corrected chi connectivity index (χ3v) is 3.31. The number of aryl methyl sites for hydroxylation is 1. The topological polar surface area (TPSA) is 78.4 Å². The smallest absolute Gasteiger partial charge is 0.272 e. The van der Waals surface area contributed by atoms with Crippen LogP contribution < -0.4 is 5.32 Å². The van der Waals surface area contributed by atoms with Crippen molar-refractivity contribution in [3.8, 4) is 0 Å². The zero-order valence-corrected chi connectivity index (χ0v) is 13.6. The molecule has 0 saturated carbocycles. The zero-order valence-electron chi connectivity index (χ0n) is 13.6. The van der Waals surface area contributed by atoms with E-state index in [1.807, 2.05) is 27.7 Å². The highest BCUT2D eigenvalue weighted by molar-refractivity contribution is 5.92. The Hall–Kier alpha value is -2.18. The van der Waals surface area contributed by atoms with E-state index in [2.05, 4.69) is 15.3 Å². The van der Waals surface area contributed by atoms with Gasteiger partial charge in [0.15, 0.2) is 0 Å². The molecule has 0 aromatic carbocycles. The molecule has 7 heteroatoms. The molecule has 2 amide bonds. The van der Waals surface area contributed by atoms with Crippen molar-refractivity contribution in [3.05, 3.63) is 17.5 Å². The molecule has 1 aromatic heterocycles. The van der Waals surface area contributed by atoms with E-state index in [1.165, 1.54) is 0 Å². The molecular weight excluding hydrogens is 282 g/mol. The van der Waals surface area contributed by atoms with Crippen LogP contribution in [0.5, 0.6) is 0 Å². The lowest BCUT2D eigenvalue weighted by atomic mass is 10.1. The minimum absolute atomic E-state index is 0.118. The minimum atomic E-state index is -0.177. The lowest BCUT2D eigenvalue weighted by Crippen LogP contribution is -2.48. The summed E-state index contributed by atoms with van der Waals surface area (Å²) in [5.41, 5.74) is 0.958. The molecule has 1 saturated heterocycles. The molecule has 0 bridgehead atoms. The first-order valence-corrected chi connectivity index (χ1v) is 7.41. The fourth-order valence-corrected chi connectivity index (χ4v) is 2.26. The molecule has 0 aliphatic carbocycles. The number of hydrogen-bond donors (Lipinski definition) is 1. The average Bonchev–Trinajstić information content (AvgIpc) is 2.44.